The zero-order valence-electron chi connectivity index (χ0n) is 14.7. The minimum Gasteiger partial charge on any atom is -0.507 e. The second-order valence-corrected chi connectivity index (χ2v) is 7.02. The lowest BCUT2D eigenvalue weighted by molar-refractivity contribution is 0.390. The fraction of sp³-hybridized carbons (Fsp3) is 0.476. The first-order valence-electron chi connectivity index (χ1n) is 9.36. The highest BCUT2D eigenvalue weighted by Gasteiger charge is 2.20. The Morgan fingerprint density at radius 1 is 1.00 bits per heavy atom. The number of aromatic hydroxyl groups is 1. The molecule has 1 aromatic heterocycles. The molecule has 4 rings (SSSR count). The van der Waals surface area contributed by atoms with E-state index in [4.69, 9.17) is 10.2 Å². The van der Waals surface area contributed by atoms with Crippen LogP contribution in [-0.4, -0.2) is 5.11 Å². The molecule has 134 valence electrons. The van der Waals surface area contributed by atoms with Gasteiger partial charge in [0.15, 0.2) is 0 Å². The molecule has 3 N–H and O–H groups in total. The molecule has 1 fully saturated rings. The van der Waals surface area contributed by atoms with Crippen molar-refractivity contribution in [3.8, 4) is 5.75 Å². The van der Waals surface area contributed by atoms with Gasteiger partial charge in [-0.3, -0.25) is 0 Å². The van der Waals surface area contributed by atoms with Crippen LogP contribution in [0.15, 0.2) is 33.5 Å². The molecule has 0 radical (unpaired) electrons. The van der Waals surface area contributed by atoms with Crippen LogP contribution in [0.25, 0.3) is 0 Å². The Hall–Kier alpha value is -2.23. The number of fused-ring (bicyclic) bond motifs is 1. The van der Waals surface area contributed by atoms with Crippen molar-refractivity contribution in [3.05, 3.63) is 57.1 Å². The van der Waals surface area contributed by atoms with Gasteiger partial charge < -0.3 is 15.3 Å². The second kappa shape index (κ2) is 8.24. The van der Waals surface area contributed by atoms with Crippen molar-refractivity contribution < 1.29 is 9.52 Å². The number of nitrogens with two attached hydrogens (primary N) is 1. The number of rotatable bonds is 2. The second-order valence-electron chi connectivity index (χ2n) is 7.02. The lowest BCUT2D eigenvalue weighted by Gasteiger charge is -2.15. The largest absolute Gasteiger partial charge is 0.507 e. The first-order chi connectivity index (χ1) is 12.1. The highest BCUT2D eigenvalue weighted by atomic mass is 16.4. The van der Waals surface area contributed by atoms with Crippen molar-refractivity contribution in [2.75, 3.05) is 5.73 Å². The molecule has 0 aliphatic heterocycles. The van der Waals surface area contributed by atoms with E-state index in [9.17, 15) is 9.90 Å². The van der Waals surface area contributed by atoms with Gasteiger partial charge in [0.1, 0.15) is 11.5 Å². The van der Waals surface area contributed by atoms with Gasteiger partial charge in [-0.05, 0) is 37.0 Å². The number of hydrogen-bond acceptors (Lipinski definition) is 4. The summed E-state index contributed by atoms with van der Waals surface area (Å²) in [5.41, 5.74) is 8.04. The van der Waals surface area contributed by atoms with Gasteiger partial charge in [0.05, 0.1) is 5.56 Å². The number of aryl methyl sites for hydroxylation is 1. The van der Waals surface area contributed by atoms with Crippen molar-refractivity contribution in [3.63, 3.8) is 0 Å². The summed E-state index contributed by atoms with van der Waals surface area (Å²) in [6.45, 7) is 0. The molecule has 2 aromatic rings. The van der Waals surface area contributed by atoms with Gasteiger partial charge in [-0.25, -0.2) is 4.79 Å². The molecular formula is C21H27NO3. The van der Waals surface area contributed by atoms with Crippen LogP contribution in [0.2, 0.25) is 0 Å². The minimum absolute atomic E-state index is 0.121. The van der Waals surface area contributed by atoms with Gasteiger partial charge in [0.2, 0.25) is 0 Å². The summed E-state index contributed by atoms with van der Waals surface area (Å²) in [5.74, 6) is 0.786. The molecular weight excluding hydrogens is 314 g/mol. The predicted molar refractivity (Wildman–Crippen MR) is 100 cm³/mol. The third kappa shape index (κ3) is 4.88. The van der Waals surface area contributed by atoms with Gasteiger partial charge in [-0.15, -0.1) is 0 Å². The first kappa shape index (κ1) is 17.6. The molecule has 2 aliphatic carbocycles. The van der Waals surface area contributed by atoms with Gasteiger partial charge in [-0.1, -0.05) is 44.2 Å². The average molecular weight is 341 g/mol. The van der Waals surface area contributed by atoms with Crippen LogP contribution >= 0.6 is 0 Å². The molecule has 4 heteroatoms. The number of anilines is 1. The lowest BCUT2D eigenvalue weighted by atomic mass is 9.95. The van der Waals surface area contributed by atoms with Crippen LogP contribution in [0.3, 0.4) is 0 Å². The molecule has 25 heavy (non-hydrogen) atoms. The molecule has 0 unspecified atom stereocenters. The molecule has 0 saturated heterocycles. The molecule has 1 heterocycles. The maximum absolute atomic E-state index is 12.2. The zero-order chi connectivity index (χ0) is 17.6. The van der Waals surface area contributed by atoms with E-state index in [0.29, 0.717) is 23.4 Å². The maximum atomic E-state index is 12.2. The molecule has 2 aliphatic rings. The van der Waals surface area contributed by atoms with Gasteiger partial charge in [-0.2, -0.15) is 0 Å². The Kier molecular flexibility index (Phi) is 5.79. The maximum Gasteiger partial charge on any atom is 0.343 e. The minimum atomic E-state index is -0.431. The van der Waals surface area contributed by atoms with Crippen molar-refractivity contribution in [2.45, 2.75) is 64.2 Å². The highest BCUT2D eigenvalue weighted by molar-refractivity contribution is 5.46. The van der Waals surface area contributed by atoms with E-state index in [0.717, 1.165) is 49.7 Å². The number of hydrogen-bond donors (Lipinski definition) is 2. The zero-order valence-corrected chi connectivity index (χ0v) is 14.7. The van der Waals surface area contributed by atoms with E-state index in [-0.39, 0.29) is 5.75 Å². The van der Waals surface area contributed by atoms with E-state index < -0.39 is 5.63 Å². The molecule has 0 bridgehead atoms. The molecule has 0 atom stereocenters. The van der Waals surface area contributed by atoms with Crippen LogP contribution < -0.4 is 11.4 Å². The monoisotopic (exact) mass is 341 g/mol. The van der Waals surface area contributed by atoms with Crippen LogP contribution in [0, 0.1) is 0 Å². The van der Waals surface area contributed by atoms with Gasteiger partial charge in [0.25, 0.3) is 0 Å². The van der Waals surface area contributed by atoms with E-state index >= 15 is 0 Å². The lowest BCUT2D eigenvalue weighted by Crippen LogP contribution is -2.14. The smallest absolute Gasteiger partial charge is 0.343 e. The third-order valence-electron chi connectivity index (χ3n) is 4.64. The first-order valence-corrected chi connectivity index (χ1v) is 9.36. The Morgan fingerprint density at radius 3 is 2.36 bits per heavy atom. The van der Waals surface area contributed by atoms with Gasteiger partial charge in [0, 0.05) is 24.1 Å². The van der Waals surface area contributed by atoms with E-state index in [1.807, 2.05) is 18.2 Å². The molecule has 4 nitrogen and oxygen atoms in total. The number of benzene rings is 1. The van der Waals surface area contributed by atoms with Crippen molar-refractivity contribution >= 4 is 5.69 Å². The quantitative estimate of drug-likeness (QED) is 0.796. The standard InChI is InChI=1S/C18H21NO3.C3H6/c19-13-7-5-6-12(10-13)11-15-17(20)14-8-3-1-2-4-9-16(14)22-18(15)21;1-2-3-1/h5-7,10,20H,1-4,8-9,11,19H2;1-3H2. The van der Waals surface area contributed by atoms with Crippen LogP contribution in [0.5, 0.6) is 5.75 Å². The van der Waals surface area contributed by atoms with E-state index in [2.05, 4.69) is 0 Å². The molecule has 0 spiro atoms. The summed E-state index contributed by atoms with van der Waals surface area (Å²) in [6.07, 6.45) is 10.7. The summed E-state index contributed by atoms with van der Waals surface area (Å²) in [5, 5.41) is 10.6. The van der Waals surface area contributed by atoms with Crippen LogP contribution in [-0.2, 0) is 19.3 Å². The summed E-state index contributed by atoms with van der Waals surface area (Å²) in [4.78, 5) is 12.2. The Balaban J connectivity index is 0.000000549. The normalized spacial score (nSPS) is 16.0. The van der Waals surface area contributed by atoms with E-state index in [1.165, 1.54) is 19.3 Å². The topological polar surface area (TPSA) is 76.5 Å². The Morgan fingerprint density at radius 2 is 1.68 bits per heavy atom. The average Bonchev–Trinajstić information content (AvgIpc) is 3.42. The van der Waals surface area contributed by atoms with Crippen LogP contribution in [0.4, 0.5) is 5.69 Å². The SMILES string of the molecule is C1CC1.Nc1cccc(Cc2c(O)c3c(oc2=O)CCCCCC3)c1. The van der Waals surface area contributed by atoms with E-state index in [1.54, 1.807) is 6.07 Å². The Bertz CT molecular complexity index is 774. The fourth-order valence-corrected chi connectivity index (χ4v) is 3.11. The van der Waals surface area contributed by atoms with Crippen molar-refractivity contribution in [2.24, 2.45) is 0 Å². The van der Waals surface area contributed by atoms with Gasteiger partial charge >= 0.3 is 5.63 Å². The summed E-state index contributed by atoms with van der Waals surface area (Å²) >= 11 is 0. The molecule has 1 aromatic carbocycles. The highest BCUT2D eigenvalue weighted by Crippen LogP contribution is 2.30. The Labute approximate surface area is 148 Å². The molecule has 0 amide bonds. The summed E-state index contributed by atoms with van der Waals surface area (Å²) in [6, 6.07) is 7.35. The molecule has 1 saturated carbocycles. The summed E-state index contributed by atoms with van der Waals surface area (Å²) < 4.78 is 5.50. The van der Waals surface area contributed by atoms with Crippen molar-refractivity contribution in [1.82, 2.24) is 0 Å². The summed E-state index contributed by atoms with van der Waals surface area (Å²) in [7, 11) is 0. The van der Waals surface area contributed by atoms with Crippen LogP contribution in [0.1, 0.15) is 67.4 Å². The fourth-order valence-electron chi connectivity index (χ4n) is 3.11. The third-order valence-corrected chi connectivity index (χ3v) is 4.64. The number of nitrogen functional groups attached to an aromatic ring is 1. The predicted octanol–water partition coefficient (Wildman–Crippen LogP) is 4.35. The van der Waals surface area contributed by atoms with Crippen molar-refractivity contribution in [1.29, 1.82) is 0 Å².